The van der Waals surface area contributed by atoms with Gasteiger partial charge in [-0.3, -0.25) is 4.90 Å². The van der Waals surface area contributed by atoms with Crippen LogP contribution in [-0.4, -0.2) is 35.0 Å². The number of rotatable bonds is 2. The summed E-state index contributed by atoms with van der Waals surface area (Å²) in [5.74, 6) is 6.28. The molecule has 2 aromatic rings. The lowest BCUT2D eigenvalue weighted by Crippen LogP contribution is -2.11. The van der Waals surface area contributed by atoms with Gasteiger partial charge in [-0.05, 0) is 45.1 Å². The molecule has 3 heteroatoms. The van der Waals surface area contributed by atoms with E-state index in [1.807, 2.05) is 53.9 Å². The fourth-order valence-electron chi connectivity index (χ4n) is 1.88. The first-order valence-electron chi connectivity index (χ1n) is 6.01. The number of aliphatic hydroxyl groups is 1. The number of pyridine rings is 1. The Morgan fingerprint density at radius 1 is 1.39 bits per heavy atom. The molecule has 2 aromatic heterocycles. The van der Waals surface area contributed by atoms with Crippen LogP contribution in [0.2, 0.25) is 0 Å². The summed E-state index contributed by atoms with van der Waals surface area (Å²) in [6.07, 6.45) is 1.47. The topological polar surface area (TPSA) is 27.9 Å². The largest absolute Gasteiger partial charge is 0.389 e. The molecule has 0 aliphatic rings. The Balaban J connectivity index is 2.50. The predicted molar refractivity (Wildman–Crippen MR) is 73.5 cm³/mol. The SMILES string of the molecule is CC(O)c1cc2ccccn2c1C#CCN(C)C. The predicted octanol–water partition coefficient (Wildman–Crippen LogP) is 1.91. The third-order valence-corrected chi connectivity index (χ3v) is 2.76. The monoisotopic (exact) mass is 242 g/mol. The first-order chi connectivity index (χ1) is 8.59. The average molecular weight is 242 g/mol. The Morgan fingerprint density at radius 2 is 2.17 bits per heavy atom. The number of aromatic nitrogens is 1. The number of fused-ring (bicyclic) bond motifs is 1. The minimum Gasteiger partial charge on any atom is -0.389 e. The fourth-order valence-corrected chi connectivity index (χ4v) is 1.88. The molecule has 0 saturated carbocycles. The maximum Gasteiger partial charge on any atom is 0.102 e. The number of nitrogens with zero attached hydrogens (tertiary/aromatic N) is 2. The average Bonchev–Trinajstić information content (AvgIpc) is 2.68. The minimum absolute atomic E-state index is 0.506. The smallest absolute Gasteiger partial charge is 0.102 e. The third-order valence-electron chi connectivity index (χ3n) is 2.76. The lowest BCUT2D eigenvalue weighted by molar-refractivity contribution is 0.199. The van der Waals surface area contributed by atoms with Crippen LogP contribution >= 0.6 is 0 Å². The number of hydrogen-bond acceptors (Lipinski definition) is 2. The second-order valence-electron chi connectivity index (χ2n) is 4.66. The van der Waals surface area contributed by atoms with Gasteiger partial charge in [-0.25, -0.2) is 0 Å². The highest BCUT2D eigenvalue weighted by Gasteiger charge is 2.11. The van der Waals surface area contributed by atoms with Crippen LogP contribution in [0, 0.1) is 11.8 Å². The molecular formula is C15H18N2O. The van der Waals surface area contributed by atoms with E-state index in [2.05, 4.69) is 11.8 Å². The van der Waals surface area contributed by atoms with E-state index in [1.54, 1.807) is 6.92 Å². The molecule has 0 aromatic carbocycles. The van der Waals surface area contributed by atoms with Crippen LogP contribution in [0.3, 0.4) is 0 Å². The van der Waals surface area contributed by atoms with Gasteiger partial charge in [-0.2, -0.15) is 0 Å². The van der Waals surface area contributed by atoms with Crippen molar-refractivity contribution in [1.82, 2.24) is 9.30 Å². The first kappa shape index (κ1) is 12.7. The van der Waals surface area contributed by atoms with Crippen molar-refractivity contribution in [1.29, 1.82) is 0 Å². The van der Waals surface area contributed by atoms with Gasteiger partial charge in [-0.1, -0.05) is 12.0 Å². The molecule has 0 amide bonds. The van der Waals surface area contributed by atoms with Crippen molar-refractivity contribution >= 4 is 5.52 Å². The van der Waals surface area contributed by atoms with E-state index in [0.717, 1.165) is 16.8 Å². The molecule has 2 rings (SSSR count). The van der Waals surface area contributed by atoms with E-state index in [-0.39, 0.29) is 0 Å². The molecule has 2 heterocycles. The molecule has 0 bridgehead atoms. The molecular weight excluding hydrogens is 224 g/mol. The highest BCUT2D eigenvalue weighted by atomic mass is 16.3. The van der Waals surface area contributed by atoms with E-state index < -0.39 is 6.10 Å². The van der Waals surface area contributed by atoms with Crippen LogP contribution in [0.1, 0.15) is 24.3 Å². The van der Waals surface area contributed by atoms with Crippen molar-refractivity contribution in [3.05, 3.63) is 41.7 Å². The first-order valence-corrected chi connectivity index (χ1v) is 6.01. The quantitative estimate of drug-likeness (QED) is 0.815. The minimum atomic E-state index is -0.506. The molecule has 18 heavy (non-hydrogen) atoms. The van der Waals surface area contributed by atoms with Crippen molar-refractivity contribution in [2.24, 2.45) is 0 Å². The molecule has 0 spiro atoms. The Bertz CT molecular complexity index is 600. The van der Waals surface area contributed by atoms with Gasteiger partial charge in [0.25, 0.3) is 0 Å². The zero-order valence-electron chi connectivity index (χ0n) is 11.0. The van der Waals surface area contributed by atoms with Gasteiger partial charge in [-0.15, -0.1) is 0 Å². The van der Waals surface area contributed by atoms with Crippen LogP contribution in [0.15, 0.2) is 30.5 Å². The summed E-state index contributed by atoms with van der Waals surface area (Å²) < 4.78 is 2.02. The van der Waals surface area contributed by atoms with Crippen LogP contribution < -0.4 is 0 Å². The molecule has 0 radical (unpaired) electrons. The van der Waals surface area contributed by atoms with E-state index in [0.29, 0.717) is 6.54 Å². The number of aliphatic hydroxyl groups excluding tert-OH is 1. The summed E-state index contributed by atoms with van der Waals surface area (Å²) in [5, 5.41) is 9.82. The van der Waals surface area contributed by atoms with Crippen LogP contribution in [0.5, 0.6) is 0 Å². The zero-order chi connectivity index (χ0) is 13.1. The lowest BCUT2D eigenvalue weighted by atomic mass is 10.1. The summed E-state index contributed by atoms with van der Waals surface area (Å²) in [7, 11) is 3.97. The van der Waals surface area contributed by atoms with Crippen molar-refractivity contribution in [3.63, 3.8) is 0 Å². The maximum absolute atomic E-state index is 9.82. The Kier molecular flexibility index (Phi) is 3.71. The maximum atomic E-state index is 9.82. The summed E-state index contributed by atoms with van der Waals surface area (Å²) in [6, 6.07) is 7.96. The lowest BCUT2D eigenvalue weighted by Gasteiger charge is -2.04. The molecule has 94 valence electrons. The number of hydrogen-bond donors (Lipinski definition) is 1. The molecule has 1 N–H and O–H groups in total. The van der Waals surface area contributed by atoms with E-state index in [1.165, 1.54) is 0 Å². The molecule has 3 nitrogen and oxygen atoms in total. The summed E-state index contributed by atoms with van der Waals surface area (Å²) in [6.45, 7) is 2.48. The van der Waals surface area contributed by atoms with Gasteiger partial charge < -0.3 is 9.51 Å². The molecule has 1 atom stereocenters. The van der Waals surface area contributed by atoms with Gasteiger partial charge in [0.2, 0.25) is 0 Å². The molecule has 0 aliphatic heterocycles. The van der Waals surface area contributed by atoms with E-state index in [9.17, 15) is 5.11 Å². The van der Waals surface area contributed by atoms with Gasteiger partial charge in [0, 0.05) is 17.3 Å². The van der Waals surface area contributed by atoms with E-state index >= 15 is 0 Å². The Morgan fingerprint density at radius 3 is 2.83 bits per heavy atom. The standard InChI is InChI=1S/C15H18N2O/c1-12(18)14-11-13-7-4-5-10-17(13)15(14)8-6-9-16(2)3/h4-5,7,10-12,18H,9H2,1-3H3. The van der Waals surface area contributed by atoms with Crippen LogP contribution in [0.25, 0.3) is 5.52 Å². The summed E-state index contributed by atoms with van der Waals surface area (Å²) >= 11 is 0. The molecule has 1 unspecified atom stereocenters. The van der Waals surface area contributed by atoms with Crippen LogP contribution in [0.4, 0.5) is 0 Å². The molecule has 0 fully saturated rings. The summed E-state index contributed by atoms with van der Waals surface area (Å²) in [4.78, 5) is 2.02. The Labute approximate surface area is 108 Å². The summed E-state index contributed by atoms with van der Waals surface area (Å²) in [5.41, 5.74) is 2.82. The second kappa shape index (κ2) is 5.26. The van der Waals surface area contributed by atoms with Gasteiger partial charge in [0.15, 0.2) is 0 Å². The third kappa shape index (κ3) is 2.56. The van der Waals surface area contributed by atoms with E-state index in [4.69, 9.17) is 0 Å². The van der Waals surface area contributed by atoms with Crippen molar-refractivity contribution in [2.75, 3.05) is 20.6 Å². The van der Waals surface area contributed by atoms with Crippen molar-refractivity contribution in [3.8, 4) is 11.8 Å². The highest BCUT2D eigenvalue weighted by molar-refractivity contribution is 5.58. The normalized spacial score (nSPS) is 12.5. The second-order valence-corrected chi connectivity index (χ2v) is 4.66. The van der Waals surface area contributed by atoms with Crippen LogP contribution in [-0.2, 0) is 0 Å². The van der Waals surface area contributed by atoms with Gasteiger partial charge in [0.1, 0.15) is 5.69 Å². The van der Waals surface area contributed by atoms with Gasteiger partial charge >= 0.3 is 0 Å². The van der Waals surface area contributed by atoms with Gasteiger partial charge in [0.05, 0.1) is 12.6 Å². The zero-order valence-corrected chi connectivity index (χ0v) is 11.0. The van der Waals surface area contributed by atoms with Crippen molar-refractivity contribution < 1.29 is 5.11 Å². The fraction of sp³-hybridized carbons (Fsp3) is 0.333. The van der Waals surface area contributed by atoms with Crippen molar-refractivity contribution in [2.45, 2.75) is 13.0 Å². The molecule has 0 saturated heterocycles. The Hall–Kier alpha value is -1.76. The molecule has 0 aliphatic carbocycles. The highest BCUT2D eigenvalue weighted by Crippen LogP contribution is 2.22.